The van der Waals surface area contributed by atoms with Gasteiger partial charge in [0.05, 0.1) is 24.4 Å². The lowest BCUT2D eigenvalue weighted by atomic mass is 10.1. The number of aliphatic hydroxyl groups is 1. The zero-order valence-corrected chi connectivity index (χ0v) is 11.6. The number of carbonyl (C=O) groups is 1. The molecule has 20 heavy (non-hydrogen) atoms. The van der Waals surface area contributed by atoms with Crippen molar-refractivity contribution < 1.29 is 9.90 Å². The van der Waals surface area contributed by atoms with Crippen molar-refractivity contribution in [3.63, 3.8) is 0 Å². The number of anilines is 3. The van der Waals surface area contributed by atoms with E-state index in [1.807, 2.05) is 12.1 Å². The van der Waals surface area contributed by atoms with E-state index in [1.54, 1.807) is 0 Å². The third kappa shape index (κ3) is 2.33. The van der Waals surface area contributed by atoms with Gasteiger partial charge in [0.15, 0.2) is 0 Å². The van der Waals surface area contributed by atoms with Gasteiger partial charge in [-0.2, -0.15) is 0 Å². The Hall–Kier alpha value is -1.75. The number of benzene rings is 1. The molecule has 0 radical (unpaired) electrons. The SMILES string of the molecule is Nc1cc2c(cc1N(CCO)C1CCCC1)NC(=O)C2. The van der Waals surface area contributed by atoms with Crippen LogP contribution in [0.3, 0.4) is 0 Å². The van der Waals surface area contributed by atoms with Crippen LogP contribution in [-0.4, -0.2) is 30.2 Å². The van der Waals surface area contributed by atoms with Gasteiger partial charge < -0.3 is 21.1 Å². The number of fused-ring (bicyclic) bond motifs is 1. The third-order valence-corrected chi connectivity index (χ3v) is 4.29. The van der Waals surface area contributed by atoms with Gasteiger partial charge in [-0.25, -0.2) is 0 Å². The normalized spacial score (nSPS) is 18.1. The van der Waals surface area contributed by atoms with Crippen LogP contribution in [0.25, 0.3) is 0 Å². The lowest BCUT2D eigenvalue weighted by Gasteiger charge is -2.32. The minimum Gasteiger partial charge on any atom is -0.397 e. The zero-order chi connectivity index (χ0) is 14.1. The van der Waals surface area contributed by atoms with Gasteiger partial charge in [-0.05, 0) is 30.5 Å². The van der Waals surface area contributed by atoms with Crippen molar-refractivity contribution in [3.05, 3.63) is 17.7 Å². The van der Waals surface area contributed by atoms with Gasteiger partial charge in [-0.1, -0.05) is 12.8 Å². The quantitative estimate of drug-likeness (QED) is 0.728. The van der Waals surface area contributed by atoms with E-state index in [1.165, 1.54) is 12.8 Å². The third-order valence-electron chi connectivity index (χ3n) is 4.29. The van der Waals surface area contributed by atoms with Crippen molar-refractivity contribution in [2.24, 2.45) is 0 Å². The van der Waals surface area contributed by atoms with Gasteiger partial charge in [-0.3, -0.25) is 4.79 Å². The molecule has 0 unspecified atom stereocenters. The Morgan fingerprint density at radius 1 is 1.35 bits per heavy atom. The second kappa shape index (κ2) is 5.32. The number of hydrogen-bond acceptors (Lipinski definition) is 4. The zero-order valence-electron chi connectivity index (χ0n) is 11.6. The fraction of sp³-hybridized carbons (Fsp3) is 0.533. The smallest absolute Gasteiger partial charge is 0.228 e. The van der Waals surface area contributed by atoms with Crippen molar-refractivity contribution in [3.8, 4) is 0 Å². The van der Waals surface area contributed by atoms with E-state index in [0.29, 0.717) is 24.7 Å². The topological polar surface area (TPSA) is 78.6 Å². The molecule has 2 aliphatic rings. The van der Waals surface area contributed by atoms with Crippen LogP contribution in [0.1, 0.15) is 31.2 Å². The molecule has 0 bridgehead atoms. The summed E-state index contributed by atoms with van der Waals surface area (Å²) in [6.07, 6.45) is 5.15. The van der Waals surface area contributed by atoms with E-state index in [-0.39, 0.29) is 12.5 Å². The summed E-state index contributed by atoms with van der Waals surface area (Å²) < 4.78 is 0. The van der Waals surface area contributed by atoms with Crippen LogP contribution in [-0.2, 0) is 11.2 Å². The summed E-state index contributed by atoms with van der Waals surface area (Å²) in [5.74, 6) is 0.0196. The van der Waals surface area contributed by atoms with Gasteiger partial charge >= 0.3 is 0 Å². The number of hydrogen-bond donors (Lipinski definition) is 3. The van der Waals surface area contributed by atoms with Gasteiger partial charge in [0.25, 0.3) is 0 Å². The summed E-state index contributed by atoms with van der Waals surface area (Å²) >= 11 is 0. The molecule has 0 aromatic heterocycles. The molecule has 108 valence electrons. The number of carbonyl (C=O) groups excluding carboxylic acids is 1. The summed E-state index contributed by atoms with van der Waals surface area (Å²) in [4.78, 5) is 13.7. The Bertz CT molecular complexity index is 524. The number of nitrogens with two attached hydrogens (primary N) is 1. The summed E-state index contributed by atoms with van der Waals surface area (Å²) in [6, 6.07) is 4.30. The predicted molar refractivity (Wildman–Crippen MR) is 79.9 cm³/mol. The molecule has 1 aromatic carbocycles. The van der Waals surface area contributed by atoms with Crippen molar-refractivity contribution in [1.82, 2.24) is 0 Å². The van der Waals surface area contributed by atoms with Crippen LogP contribution in [0.2, 0.25) is 0 Å². The number of nitrogens with zero attached hydrogens (tertiary/aromatic N) is 1. The van der Waals surface area contributed by atoms with E-state index >= 15 is 0 Å². The maximum absolute atomic E-state index is 11.5. The van der Waals surface area contributed by atoms with E-state index in [9.17, 15) is 9.90 Å². The fourth-order valence-corrected chi connectivity index (χ4v) is 3.35. The highest BCUT2D eigenvalue weighted by molar-refractivity contribution is 6.01. The van der Waals surface area contributed by atoms with Gasteiger partial charge in [0.2, 0.25) is 5.91 Å². The number of nitrogens with one attached hydrogen (secondary N) is 1. The molecule has 1 aliphatic carbocycles. The minimum atomic E-state index is 0.0196. The number of aliphatic hydroxyl groups excluding tert-OH is 1. The Morgan fingerprint density at radius 2 is 2.10 bits per heavy atom. The Labute approximate surface area is 118 Å². The van der Waals surface area contributed by atoms with Gasteiger partial charge in [0, 0.05) is 18.3 Å². The van der Waals surface area contributed by atoms with Crippen molar-refractivity contribution in [2.45, 2.75) is 38.1 Å². The van der Waals surface area contributed by atoms with Crippen LogP contribution in [0.4, 0.5) is 17.1 Å². The molecule has 5 heteroatoms. The summed E-state index contributed by atoms with van der Waals surface area (Å²) in [6.45, 7) is 0.695. The maximum Gasteiger partial charge on any atom is 0.228 e. The first kappa shape index (κ1) is 13.2. The Morgan fingerprint density at radius 3 is 2.80 bits per heavy atom. The van der Waals surface area contributed by atoms with Crippen LogP contribution in [0.15, 0.2) is 12.1 Å². The van der Waals surface area contributed by atoms with Crippen LogP contribution >= 0.6 is 0 Å². The Balaban J connectivity index is 1.94. The summed E-state index contributed by atoms with van der Waals surface area (Å²) in [7, 11) is 0. The highest BCUT2D eigenvalue weighted by atomic mass is 16.3. The molecular weight excluding hydrogens is 254 g/mol. The van der Waals surface area contributed by atoms with E-state index < -0.39 is 0 Å². The molecule has 1 saturated carbocycles. The highest BCUT2D eigenvalue weighted by Gasteiger charge is 2.26. The van der Waals surface area contributed by atoms with Crippen molar-refractivity contribution in [1.29, 1.82) is 0 Å². The molecule has 1 fully saturated rings. The molecule has 0 atom stereocenters. The van der Waals surface area contributed by atoms with Crippen LogP contribution in [0.5, 0.6) is 0 Å². The van der Waals surface area contributed by atoms with Crippen molar-refractivity contribution in [2.75, 3.05) is 29.1 Å². The molecular formula is C15H21N3O2. The second-order valence-corrected chi connectivity index (χ2v) is 5.65. The number of rotatable bonds is 4. The molecule has 1 aliphatic heterocycles. The molecule has 1 aromatic rings. The second-order valence-electron chi connectivity index (χ2n) is 5.65. The average Bonchev–Trinajstić information content (AvgIpc) is 3.03. The summed E-state index contributed by atoms with van der Waals surface area (Å²) in [5.41, 5.74) is 9.63. The average molecular weight is 275 g/mol. The van der Waals surface area contributed by atoms with E-state index in [4.69, 9.17) is 5.73 Å². The standard InChI is InChI=1S/C15H21N3O2/c16-12-7-10-8-15(20)17-13(10)9-14(12)18(5-6-19)11-3-1-2-4-11/h7,9,11,19H,1-6,8,16H2,(H,17,20). The Kier molecular flexibility index (Phi) is 3.53. The lowest BCUT2D eigenvalue weighted by Crippen LogP contribution is -2.36. The molecule has 5 nitrogen and oxygen atoms in total. The number of nitrogen functional groups attached to an aromatic ring is 1. The monoisotopic (exact) mass is 275 g/mol. The molecule has 3 rings (SSSR count). The highest BCUT2D eigenvalue weighted by Crippen LogP contribution is 2.37. The fourth-order valence-electron chi connectivity index (χ4n) is 3.35. The van der Waals surface area contributed by atoms with E-state index in [0.717, 1.165) is 29.8 Å². The predicted octanol–water partition coefficient (Wildman–Crippen LogP) is 1.50. The number of amides is 1. The first-order valence-electron chi connectivity index (χ1n) is 7.29. The first-order valence-corrected chi connectivity index (χ1v) is 7.29. The molecule has 1 heterocycles. The van der Waals surface area contributed by atoms with Gasteiger partial charge in [0.1, 0.15) is 0 Å². The molecule has 1 amide bonds. The van der Waals surface area contributed by atoms with Crippen molar-refractivity contribution >= 4 is 23.0 Å². The largest absolute Gasteiger partial charge is 0.397 e. The van der Waals surface area contributed by atoms with E-state index in [2.05, 4.69) is 10.2 Å². The molecule has 0 spiro atoms. The molecule has 0 saturated heterocycles. The summed E-state index contributed by atoms with van der Waals surface area (Å²) in [5, 5.41) is 12.2. The molecule has 4 N–H and O–H groups in total. The first-order chi connectivity index (χ1) is 9.69. The minimum absolute atomic E-state index is 0.0196. The lowest BCUT2D eigenvalue weighted by molar-refractivity contribution is -0.115. The maximum atomic E-state index is 11.5. The van der Waals surface area contributed by atoms with Crippen LogP contribution < -0.4 is 16.0 Å². The van der Waals surface area contributed by atoms with Crippen LogP contribution in [0, 0.1) is 0 Å². The van der Waals surface area contributed by atoms with Gasteiger partial charge in [-0.15, -0.1) is 0 Å².